The van der Waals surface area contributed by atoms with Gasteiger partial charge in [0.15, 0.2) is 0 Å². The van der Waals surface area contributed by atoms with Gasteiger partial charge in [0.2, 0.25) is 11.9 Å². The number of aromatic amines is 1. The quantitative estimate of drug-likeness (QED) is 0.883. The number of hydrogen-bond donors (Lipinski definition) is 2. The van der Waals surface area contributed by atoms with Crippen LogP contribution in [-0.2, 0) is 9.53 Å². The maximum Gasteiger partial charge on any atom is 0.232 e. The lowest BCUT2D eigenvalue weighted by Gasteiger charge is -2.16. The third kappa shape index (κ3) is 2.18. The number of para-hydroxylation sites is 2. The predicted octanol–water partition coefficient (Wildman–Crippen LogP) is 2.56. The van der Waals surface area contributed by atoms with Gasteiger partial charge in [0.1, 0.15) is 0 Å². The van der Waals surface area contributed by atoms with Crippen molar-refractivity contribution in [2.45, 2.75) is 33.0 Å². The molecule has 1 aliphatic rings. The molecule has 0 saturated carbocycles. The average Bonchev–Trinajstić information content (AvgIpc) is 2.90. The highest BCUT2D eigenvalue weighted by molar-refractivity contribution is 5.93. The molecule has 0 spiro atoms. The number of rotatable bonds is 2. The highest BCUT2D eigenvalue weighted by Gasteiger charge is 2.41. The van der Waals surface area contributed by atoms with Crippen molar-refractivity contribution in [2.24, 2.45) is 11.8 Å². The molecular formula is C15H19N3O2. The number of fused-ring (bicyclic) bond motifs is 1. The summed E-state index contributed by atoms with van der Waals surface area (Å²) in [7, 11) is 0. The standard InChI is InChI=1S/C15H19N3O2/c1-8-9(2)20-10(3)13(8)14(19)18-15-16-11-6-4-5-7-12(11)17-15/h4-10,13H,1-3H3,(H2,16,17,18,19). The van der Waals surface area contributed by atoms with Crippen LogP contribution >= 0.6 is 0 Å². The third-order valence-corrected chi connectivity index (χ3v) is 4.18. The smallest absolute Gasteiger partial charge is 0.232 e. The minimum Gasteiger partial charge on any atom is -0.374 e. The van der Waals surface area contributed by atoms with Crippen LogP contribution in [0.4, 0.5) is 5.95 Å². The van der Waals surface area contributed by atoms with E-state index in [0.29, 0.717) is 5.95 Å². The van der Waals surface area contributed by atoms with Gasteiger partial charge in [-0.3, -0.25) is 10.1 Å². The number of hydrogen-bond acceptors (Lipinski definition) is 3. The van der Waals surface area contributed by atoms with Gasteiger partial charge in [-0.2, -0.15) is 0 Å². The van der Waals surface area contributed by atoms with Gasteiger partial charge >= 0.3 is 0 Å². The summed E-state index contributed by atoms with van der Waals surface area (Å²) in [6.07, 6.45) is 0.0424. The number of benzene rings is 1. The third-order valence-electron chi connectivity index (χ3n) is 4.18. The number of ether oxygens (including phenoxy) is 1. The molecule has 1 aromatic carbocycles. The number of anilines is 1. The zero-order chi connectivity index (χ0) is 14.3. The monoisotopic (exact) mass is 273 g/mol. The van der Waals surface area contributed by atoms with E-state index in [1.165, 1.54) is 0 Å². The van der Waals surface area contributed by atoms with Crippen LogP contribution in [0, 0.1) is 11.8 Å². The second-order valence-electron chi connectivity index (χ2n) is 5.52. The summed E-state index contributed by atoms with van der Waals surface area (Å²) >= 11 is 0. The van der Waals surface area contributed by atoms with E-state index in [9.17, 15) is 4.79 Å². The van der Waals surface area contributed by atoms with Crippen molar-refractivity contribution in [3.8, 4) is 0 Å². The van der Waals surface area contributed by atoms with Gasteiger partial charge in [-0.25, -0.2) is 4.98 Å². The molecule has 106 valence electrons. The highest BCUT2D eigenvalue weighted by Crippen LogP contribution is 2.32. The van der Waals surface area contributed by atoms with E-state index in [1.54, 1.807) is 0 Å². The van der Waals surface area contributed by atoms with E-state index >= 15 is 0 Å². The fourth-order valence-electron chi connectivity index (χ4n) is 2.93. The largest absolute Gasteiger partial charge is 0.374 e. The summed E-state index contributed by atoms with van der Waals surface area (Å²) in [5, 5.41) is 2.87. The van der Waals surface area contributed by atoms with Gasteiger partial charge in [-0.05, 0) is 31.9 Å². The molecule has 0 bridgehead atoms. The van der Waals surface area contributed by atoms with Crippen molar-refractivity contribution >= 4 is 22.9 Å². The number of carbonyl (C=O) groups excluding carboxylic acids is 1. The van der Waals surface area contributed by atoms with Crippen LogP contribution < -0.4 is 5.32 Å². The van der Waals surface area contributed by atoms with Crippen molar-refractivity contribution in [3.63, 3.8) is 0 Å². The Bertz CT molecular complexity index is 604. The lowest BCUT2D eigenvalue weighted by molar-refractivity contribution is -0.122. The summed E-state index contributed by atoms with van der Waals surface area (Å²) in [5.74, 6) is 0.524. The zero-order valence-electron chi connectivity index (χ0n) is 11.9. The molecular weight excluding hydrogens is 254 g/mol. The molecule has 3 rings (SSSR count). The van der Waals surface area contributed by atoms with Gasteiger partial charge < -0.3 is 9.72 Å². The molecule has 5 heteroatoms. The van der Waals surface area contributed by atoms with Crippen LogP contribution in [0.15, 0.2) is 24.3 Å². The summed E-state index contributed by atoms with van der Waals surface area (Å²) in [5.41, 5.74) is 1.76. The van der Waals surface area contributed by atoms with Gasteiger partial charge in [0.25, 0.3) is 0 Å². The number of imidazole rings is 1. The Morgan fingerprint density at radius 3 is 2.65 bits per heavy atom. The molecule has 2 aromatic rings. The first-order chi connectivity index (χ1) is 9.56. The Kier molecular flexibility index (Phi) is 3.22. The molecule has 1 saturated heterocycles. The normalized spacial score (nSPS) is 29.8. The zero-order valence-corrected chi connectivity index (χ0v) is 11.9. The number of nitrogens with zero attached hydrogens (tertiary/aromatic N) is 1. The number of H-pyrrole nitrogens is 1. The second-order valence-corrected chi connectivity index (χ2v) is 5.52. The Morgan fingerprint density at radius 2 is 2.00 bits per heavy atom. The van der Waals surface area contributed by atoms with Crippen molar-refractivity contribution in [1.82, 2.24) is 9.97 Å². The van der Waals surface area contributed by atoms with Crippen LogP contribution in [0.5, 0.6) is 0 Å². The first kappa shape index (κ1) is 13.1. The molecule has 1 aliphatic heterocycles. The number of nitrogens with one attached hydrogen (secondary N) is 2. The number of carbonyl (C=O) groups is 1. The maximum absolute atomic E-state index is 12.4. The van der Waals surface area contributed by atoms with E-state index in [1.807, 2.05) is 38.1 Å². The minimum absolute atomic E-state index is 0.0339. The minimum atomic E-state index is -0.141. The van der Waals surface area contributed by atoms with Crippen LogP contribution in [0.25, 0.3) is 11.0 Å². The Morgan fingerprint density at radius 1 is 1.25 bits per heavy atom. The van der Waals surface area contributed by atoms with Crippen LogP contribution in [0.2, 0.25) is 0 Å². The van der Waals surface area contributed by atoms with Crippen LogP contribution in [0.3, 0.4) is 0 Å². The Hall–Kier alpha value is -1.88. The molecule has 1 amide bonds. The van der Waals surface area contributed by atoms with Gasteiger partial charge in [-0.15, -0.1) is 0 Å². The Labute approximate surface area is 117 Å². The van der Waals surface area contributed by atoms with Gasteiger partial charge in [0, 0.05) is 0 Å². The lowest BCUT2D eigenvalue weighted by atomic mass is 9.89. The fraction of sp³-hybridized carbons (Fsp3) is 0.467. The molecule has 0 radical (unpaired) electrons. The average molecular weight is 273 g/mol. The van der Waals surface area contributed by atoms with Crippen molar-refractivity contribution < 1.29 is 9.53 Å². The molecule has 1 aromatic heterocycles. The Balaban J connectivity index is 1.78. The molecule has 0 aliphatic carbocycles. The first-order valence-corrected chi connectivity index (χ1v) is 6.97. The number of amides is 1. The number of aromatic nitrogens is 2. The van der Waals surface area contributed by atoms with E-state index in [4.69, 9.17) is 4.74 Å². The van der Waals surface area contributed by atoms with Crippen molar-refractivity contribution in [2.75, 3.05) is 5.32 Å². The molecule has 2 N–H and O–H groups in total. The first-order valence-electron chi connectivity index (χ1n) is 6.97. The summed E-state index contributed by atoms with van der Waals surface area (Å²) in [6, 6.07) is 7.70. The molecule has 20 heavy (non-hydrogen) atoms. The molecule has 2 heterocycles. The highest BCUT2D eigenvalue weighted by atomic mass is 16.5. The van der Waals surface area contributed by atoms with Gasteiger partial charge in [-0.1, -0.05) is 19.1 Å². The fourth-order valence-corrected chi connectivity index (χ4v) is 2.93. The van der Waals surface area contributed by atoms with E-state index < -0.39 is 0 Å². The van der Waals surface area contributed by atoms with E-state index in [0.717, 1.165) is 11.0 Å². The second kappa shape index (κ2) is 4.90. The SMILES string of the molecule is CC1OC(C)C(C(=O)Nc2nc3ccccc3[nH]2)C1C. The van der Waals surface area contributed by atoms with Crippen LogP contribution in [-0.4, -0.2) is 28.1 Å². The maximum atomic E-state index is 12.4. The summed E-state index contributed by atoms with van der Waals surface area (Å²) in [6.45, 7) is 6.01. The molecule has 4 unspecified atom stereocenters. The predicted molar refractivity (Wildman–Crippen MR) is 77.4 cm³/mol. The van der Waals surface area contributed by atoms with Crippen molar-refractivity contribution in [3.05, 3.63) is 24.3 Å². The molecule has 4 atom stereocenters. The molecule has 5 nitrogen and oxygen atoms in total. The lowest BCUT2D eigenvalue weighted by Crippen LogP contribution is -2.32. The van der Waals surface area contributed by atoms with Crippen LogP contribution in [0.1, 0.15) is 20.8 Å². The van der Waals surface area contributed by atoms with Gasteiger partial charge in [0.05, 0.1) is 29.2 Å². The van der Waals surface area contributed by atoms with E-state index in [-0.39, 0.29) is 30.0 Å². The summed E-state index contributed by atoms with van der Waals surface area (Å²) in [4.78, 5) is 19.9. The van der Waals surface area contributed by atoms with Crippen molar-refractivity contribution in [1.29, 1.82) is 0 Å². The van der Waals surface area contributed by atoms with E-state index in [2.05, 4.69) is 22.2 Å². The summed E-state index contributed by atoms with van der Waals surface area (Å²) < 4.78 is 5.71. The molecule has 1 fully saturated rings. The topological polar surface area (TPSA) is 67.0 Å².